The van der Waals surface area contributed by atoms with E-state index in [0.717, 1.165) is 24.4 Å². The highest BCUT2D eigenvalue weighted by Gasteiger charge is 2.13. The predicted octanol–water partition coefficient (Wildman–Crippen LogP) is 5.45. The molecule has 0 saturated heterocycles. The van der Waals surface area contributed by atoms with Crippen LogP contribution in [0.4, 0.5) is 0 Å². The van der Waals surface area contributed by atoms with Gasteiger partial charge in [-0.2, -0.15) is 0 Å². The van der Waals surface area contributed by atoms with Crippen molar-refractivity contribution in [3.05, 3.63) is 55.6 Å². The van der Waals surface area contributed by atoms with Crippen LogP contribution in [0.15, 0.2) is 40.2 Å². The van der Waals surface area contributed by atoms with Crippen molar-refractivity contribution in [1.82, 2.24) is 5.32 Å². The van der Waals surface area contributed by atoms with Gasteiger partial charge < -0.3 is 5.32 Å². The standard InChI is InChI=1S/C15H17BrClNS/c1-2-9-18-13(14-7-8-15(16)19-14)10-11-3-5-12(17)6-4-11/h3-8,13,18H,2,9-10H2,1H3. The Morgan fingerprint density at radius 3 is 2.53 bits per heavy atom. The van der Waals surface area contributed by atoms with E-state index < -0.39 is 0 Å². The number of hydrogen-bond donors (Lipinski definition) is 1. The summed E-state index contributed by atoms with van der Waals surface area (Å²) in [5, 5.41) is 4.41. The lowest BCUT2D eigenvalue weighted by Gasteiger charge is -2.17. The molecule has 0 spiro atoms. The van der Waals surface area contributed by atoms with Gasteiger partial charge in [0.05, 0.1) is 3.79 Å². The van der Waals surface area contributed by atoms with Gasteiger partial charge in [0.25, 0.3) is 0 Å². The molecule has 1 aromatic carbocycles. The third-order valence-electron chi connectivity index (χ3n) is 2.93. The molecule has 0 fully saturated rings. The molecule has 1 aromatic heterocycles. The summed E-state index contributed by atoms with van der Waals surface area (Å²) < 4.78 is 1.18. The van der Waals surface area contributed by atoms with Gasteiger partial charge in [-0.1, -0.05) is 30.7 Å². The lowest BCUT2D eigenvalue weighted by atomic mass is 10.0. The Balaban J connectivity index is 2.11. The van der Waals surface area contributed by atoms with Crippen molar-refractivity contribution in [2.45, 2.75) is 25.8 Å². The Bertz CT molecular complexity index is 509. The Kier molecular flexibility index (Phi) is 5.89. The third-order valence-corrected chi connectivity index (χ3v) is 4.92. The van der Waals surface area contributed by atoms with Gasteiger partial charge in [-0.15, -0.1) is 11.3 Å². The zero-order valence-corrected chi connectivity index (χ0v) is 14.0. The minimum atomic E-state index is 0.373. The highest BCUT2D eigenvalue weighted by atomic mass is 79.9. The summed E-state index contributed by atoms with van der Waals surface area (Å²) in [7, 11) is 0. The molecule has 0 aliphatic heterocycles. The third kappa shape index (κ3) is 4.60. The first-order valence-corrected chi connectivity index (χ1v) is 8.41. The fraction of sp³-hybridized carbons (Fsp3) is 0.333. The second-order valence-corrected chi connectivity index (χ2v) is 7.41. The minimum Gasteiger partial charge on any atom is -0.309 e. The van der Waals surface area contributed by atoms with Gasteiger partial charge in [-0.3, -0.25) is 0 Å². The normalized spacial score (nSPS) is 12.6. The fourth-order valence-electron chi connectivity index (χ4n) is 1.96. The lowest BCUT2D eigenvalue weighted by Crippen LogP contribution is -2.23. The summed E-state index contributed by atoms with van der Waals surface area (Å²) in [5.41, 5.74) is 1.31. The summed E-state index contributed by atoms with van der Waals surface area (Å²) in [6, 6.07) is 12.8. The maximum absolute atomic E-state index is 5.93. The molecule has 0 saturated carbocycles. The van der Waals surface area contributed by atoms with Crippen molar-refractivity contribution in [2.75, 3.05) is 6.54 Å². The average molecular weight is 359 g/mol. The van der Waals surface area contributed by atoms with E-state index in [1.54, 1.807) is 11.3 Å². The number of halogens is 2. The Morgan fingerprint density at radius 2 is 1.95 bits per heavy atom. The van der Waals surface area contributed by atoms with E-state index >= 15 is 0 Å². The molecule has 1 N–H and O–H groups in total. The van der Waals surface area contributed by atoms with Crippen molar-refractivity contribution >= 4 is 38.9 Å². The molecule has 0 aliphatic carbocycles. The average Bonchev–Trinajstić information content (AvgIpc) is 2.83. The van der Waals surface area contributed by atoms with Crippen LogP contribution in [0.1, 0.15) is 29.8 Å². The van der Waals surface area contributed by atoms with Crippen LogP contribution in [0.2, 0.25) is 5.02 Å². The molecule has 2 aromatic rings. The molecular formula is C15H17BrClNS. The predicted molar refractivity (Wildman–Crippen MR) is 88.2 cm³/mol. The highest BCUT2D eigenvalue weighted by molar-refractivity contribution is 9.11. The van der Waals surface area contributed by atoms with E-state index in [4.69, 9.17) is 11.6 Å². The van der Waals surface area contributed by atoms with Crippen molar-refractivity contribution in [3.8, 4) is 0 Å². The van der Waals surface area contributed by atoms with E-state index in [2.05, 4.69) is 52.4 Å². The summed E-state index contributed by atoms with van der Waals surface area (Å²) in [5.74, 6) is 0. The van der Waals surface area contributed by atoms with Crippen LogP contribution in [-0.4, -0.2) is 6.54 Å². The summed E-state index contributed by atoms with van der Waals surface area (Å²) in [4.78, 5) is 1.37. The molecule has 1 atom stereocenters. The number of rotatable bonds is 6. The maximum atomic E-state index is 5.93. The second kappa shape index (κ2) is 7.44. The van der Waals surface area contributed by atoms with Crippen molar-refractivity contribution in [2.24, 2.45) is 0 Å². The first kappa shape index (κ1) is 15.0. The first-order valence-electron chi connectivity index (χ1n) is 6.42. The maximum Gasteiger partial charge on any atom is 0.0701 e. The van der Waals surface area contributed by atoms with Crippen LogP contribution >= 0.6 is 38.9 Å². The molecule has 4 heteroatoms. The van der Waals surface area contributed by atoms with Gasteiger partial charge in [0.1, 0.15) is 0 Å². The van der Waals surface area contributed by atoms with Gasteiger partial charge in [-0.25, -0.2) is 0 Å². The molecule has 0 amide bonds. The summed E-state index contributed by atoms with van der Waals surface area (Å²) >= 11 is 11.3. The Labute approximate surface area is 132 Å². The SMILES string of the molecule is CCCNC(Cc1ccc(Cl)cc1)c1ccc(Br)s1. The number of hydrogen-bond acceptors (Lipinski definition) is 2. The van der Waals surface area contributed by atoms with Gasteiger partial charge >= 0.3 is 0 Å². The number of nitrogens with one attached hydrogen (secondary N) is 1. The van der Waals surface area contributed by atoms with Crippen molar-refractivity contribution < 1.29 is 0 Å². The van der Waals surface area contributed by atoms with E-state index in [1.807, 2.05) is 12.1 Å². The quantitative estimate of drug-likeness (QED) is 0.724. The Hall–Kier alpha value is -0.350. The lowest BCUT2D eigenvalue weighted by molar-refractivity contribution is 0.536. The smallest absolute Gasteiger partial charge is 0.0701 e. The molecule has 0 aliphatic rings. The first-order chi connectivity index (χ1) is 9.19. The topological polar surface area (TPSA) is 12.0 Å². The molecule has 1 nitrogen and oxygen atoms in total. The highest BCUT2D eigenvalue weighted by Crippen LogP contribution is 2.29. The summed E-state index contributed by atoms with van der Waals surface area (Å²) in [6.07, 6.45) is 2.13. The van der Waals surface area contributed by atoms with Crippen LogP contribution < -0.4 is 5.32 Å². The van der Waals surface area contributed by atoms with Gasteiger partial charge in [0, 0.05) is 15.9 Å². The molecular weight excluding hydrogens is 342 g/mol. The van der Waals surface area contributed by atoms with E-state index in [1.165, 1.54) is 14.2 Å². The van der Waals surface area contributed by atoms with E-state index in [-0.39, 0.29) is 0 Å². The summed E-state index contributed by atoms with van der Waals surface area (Å²) in [6.45, 7) is 3.23. The van der Waals surface area contributed by atoms with Gasteiger partial charge in [0.15, 0.2) is 0 Å². The van der Waals surface area contributed by atoms with Crippen LogP contribution in [0, 0.1) is 0 Å². The van der Waals surface area contributed by atoms with E-state index in [0.29, 0.717) is 6.04 Å². The molecule has 0 radical (unpaired) electrons. The second-order valence-electron chi connectivity index (χ2n) is 4.48. The van der Waals surface area contributed by atoms with Gasteiger partial charge in [0.2, 0.25) is 0 Å². The molecule has 1 unspecified atom stereocenters. The minimum absolute atomic E-state index is 0.373. The van der Waals surface area contributed by atoms with Crippen LogP contribution in [-0.2, 0) is 6.42 Å². The molecule has 1 heterocycles. The molecule has 19 heavy (non-hydrogen) atoms. The zero-order valence-electron chi connectivity index (χ0n) is 10.8. The van der Waals surface area contributed by atoms with Gasteiger partial charge in [-0.05, 0) is 65.1 Å². The Morgan fingerprint density at radius 1 is 1.21 bits per heavy atom. The largest absolute Gasteiger partial charge is 0.309 e. The zero-order chi connectivity index (χ0) is 13.7. The fourth-order valence-corrected chi connectivity index (χ4v) is 3.59. The van der Waals surface area contributed by atoms with E-state index in [9.17, 15) is 0 Å². The molecule has 2 rings (SSSR count). The molecule has 102 valence electrons. The monoisotopic (exact) mass is 357 g/mol. The number of benzene rings is 1. The van der Waals surface area contributed by atoms with Crippen LogP contribution in [0.25, 0.3) is 0 Å². The van der Waals surface area contributed by atoms with Crippen molar-refractivity contribution in [3.63, 3.8) is 0 Å². The number of thiophene rings is 1. The van der Waals surface area contributed by atoms with Crippen LogP contribution in [0.5, 0.6) is 0 Å². The van der Waals surface area contributed by atoms with Crippen molar-refractivity contribution in [1.29, 1.82) is 0 Å². The van der Waals surface area contributed by atoms with Crippen LogP contribution in [0.3, 0.4) is 0 Å². The molecule has 0 bridgehead atoms.